The average Bonchev–Trinajstić information content (AvgIpc) is 2.99. The van der Waals surface area contributed by atoms with Crippen molar-refractivity contribution in [1.82, 2.24) is 0 Å². The van der Waals surface area contributed by atoms with Gasteiger partial charge < -0.3 is 13.8 Å². The van der Waals surface area contributed by atoms with Gasteiger partial charge in [-0.15, -0.1) is 0 Å². The fourth-order valence-electron chi connectivity index (χ4n) is 2.81. The molecule has 1 saturated carbocycles. The highest BCUT2D eigenvalue weighted by molar-refractivity contribution is 6.72. The predicted molar refractivity (Wildman–Crippen MR) is 81.3 cm³/mol. The molecule has 0 radical (unpaired) electrons. The Balaban J connectivity index is 2.16. The molecule has 1 aromatic carbocycles. The molecule has 1 N–H and O–H groups in total. The SMILES string of the molecule is CCCO[Si](Nc1ccccc1)(OC)C1CCCC1. The van der Waals surface area contributed by atoms with E-state index in [9.17, 15) is 0 Å². The highest BCUT2D eigenvalue weighted by atomic mass is 28.4. The number of anilines is 1. The van der Waals surface area contributed by atoms with Gasteiger partial charge in [0, 0.05) is 24.9 Å². The summed E-state index contributed by atoms with van der Waals surface area (Å²) in [5.41, 5.74) is 1.67. The molecule has 0 aliphatic heterocycles. The first-order valence-corrected chi connectivity index (χ1v) is 9.22. The molecule has 1 unspecified atom stereocenters. The van der Waals surface area contributed by atoms with Crippen molar-refractivity contribution in [3.05, 3.63) is 30.3 Å². The van der Waals surface area contributed by atoms with E-state index in [0.717, 1.165) is 18.7 Å². The van der Waals surface area contributed by atoms with Gasteiger partial charge in [-0.3, -0.25) is 0 Å². The number of para-hydroxylation sites is 1. The first-order chi connectivity index (χ1) is 9.30. The smallest absolute Gasteiger partial charge is 0.382 e. The molecule has 1 aliphatic carbocycles. The van der Waals surface area contributed by atoms with Crippen LogP contribution in [0.1, 0.15) is 39.0 Å². The van der Waals surface area contributed by atoms with Crippen molar-refractivity contribution in [3.63, 3.8) is 0 Å². The van der Waals surface area contributed by atoms with E-state index < -0.39 is 8.72 Å². The summed E-state index contributed by atoms with van der Waals surface area (Å²) in [7, 11) is -0.546. The number of hydrogen-bond acceptors (Lipinski definition) is 3. The molecule has 106 valence electrons. The average molecular weight is 279 g/mol. The normalized spacial score (nSPS) is 19.3. The molecule has 1 fully saturated rings. The Hall–Kier alpha value is -0.843. The van der Waals surface area contributed by atoms with E-state index in [-0.39, 0.29) is 0 Å². The Morgan fingerprint density at radius 2 is 1.89 bits per heavy atom. The summed E-state index contributed by atoms with van der Waals surface area (Å²) >= 11 is 0. The van der Waals surface area contributed by atoms with E-state index in [1.165, 1.54) is 25.7 Å². The van der Waals surface area contributed by atoms with Crippen LogP contribution in [-0.4, -0.2) is 22.4 Å². The molecule has 1 atom stereocenters. The highest BCUT2D eigenvalue weighted by Gasteiger charge is 2.47. The Morgan fingerprint density at radius 1 is 1.21 bits per heavy atom. The van der Waals surface area contributed by atoms with Crippen LogP contribution < -0.4 is 4.98 Å². The van der Waals surface area contributed by atoms with Crippen molar-refractivity contribution in [1.29, 1.82) is 0 Å². The van der Waals surface area contributed by atoms with Crippen LogP contribution in [0.25, 0.3) is 0 Å². The molecule has 0 bridgehead atoms. The van der Waals surface area contributed by atoms with Crippen LogP contribution in [0.2, 0.25) is 5.54 Å². The fraction of sp³-hybridized carbons (Fsp3) is 0.600. The molecule has 1 aliphatic rings. The van der Waals surface area contributed by atoms with E-state index in [0.29, 0.717) is 5.54 Å². The molecule has 0 heterocycles. The molecule has 3 nitrogen and oxygen atoms in total. The molecule has 0 saturated heterocycles. The van der Waals surface area contributed by atoms with Crippen molar-refractivity contribution >= 4 is 14.4 Å². The predicted octanol–water partition coefficient (Wildman–Crippen LogP) is 4.05. The number of nitrogens with one attached hydrogen (secondary N) is 1. The van der Waals surface area contributed by atoms with E-state index in [1.807, 2.05) is 18.2 Å². The molecular weight excluding hydrogens is 254 g/mol. The van der Waals surface area contributed by atoms with Crippen molar-refractivity contribution in [2.24, 2.45) is 0 Å². The van der Waals surface area contributed by atoms with E-state index in [2.05, 4.69) is 24.0 Å². The first kappa shape index (κ1) is 14.6. The second-order valence-corrected chi connectivity index (χ2v) is 8.29. The molecule has 0 aromatic heterocycles. The molecule has 0 spiro atoms. The Labute approximate surface area is 117 Å². The van der Waals surface area contributed by atoms with Gasteiger partial charge in [0.05, 0.1) is 0 Å². The zero-order chi connectivity index (χ0) is 13.6. The Bertz CT molecular complexity index is 368. The maximum Gasteiger partial charge on any atom is 0.459 e. The summed E-state index contributed by atoms with van der Waals surface area (Å²) in [5.74, 6) is 0. The summed E-state index contributed by atoms with van der Waals surface area (Å²) in [6, 6.07) is 10.3. The van der Waals surface area contributed by atoms with Crippen molar-refractivity contribution < 1.29 is 8.85 Å². The summed E-state index contributed by atoms with van der Waals surface area (Å²) in [6.45, 7) is 2.92. The van der Waals surface area contributed by atoms with Gasteiger partial charge >= 0.3 is 8.72 Å². The third kappa shape index (κ3) is 3.59. The quantitative estimate of drug-likeness (QED) is 0.764. The van der Waals surface area contributed by atoms with Crippen LogP contribution in [0, 0.1) is 0 Å². The van der Waals surface area contributed by atoms with Crippen LogP contribution in [0.5, 0.6) is 0 Å². The van der Waals surface area contributed by atoms with Gasteiger partial charge in [0.25, 0.3) is 0 Å². The lowest BCUT2D eigenvalue weighted by atomic mass is 10.3. The van der Waals surface area contributed by atoms with Gasteiger partial charge in [-0.1, -0.05) is 38.0 Å². The summed E-state index contributed by atoms with van der Waals surface area (Å²) in [4.78, 5) is 3.61. The van der Waals surface area contributed by atoms with Crippen LogP contribution in [-0.2, 0) is 8.85 Å². The summed E-state index contributed by atoms with van der Waals surface area (Å²) in [6.07, 6.45) is 6.08. The van der Waals surface area contributed by atoms with Gasteiger partial charge in [0.15, 0.2) is 0 Å². The van der Waals surface area contributed by atoms with Gasteiger partial charge in [-0.2, -0.15) is 0 Å². The van der Waals surface area contributed by atoms with Gasteiger partial charge in [0.2, 0.25) is 0 Å². The largest absolute Gasteiger partial charge is 0.459 e. The minimum Gasteiger partial charge on any atom is -0.382 e. The summed E-state index contributed by atoms with van der Waals surface area (Å²) in [5, 5.41) is 0. The lowest BCUT2D eigenvalue weighted by molar-refractivity contribution is 0.194. The second-order valence-electron chi connectivity index (χ2n) is 5.19. The van der Waals surface area contributed by atoms with Crippen molar-refractivity contribution in [2.45, 2.75) is 44.6 Å². The maximum atomic E-state index is 6.22. The van der Waals surface area contributed by atoms with E-state index >= 15 is 0 Å². The van der Waals surface area contributed by atoms with Gasteiger partial charge in [-0.05, 0) is 31.4 Å². The summed E-state index contributed by atoms with van der Waals surface area (Å²) < 4.78 is 12.2. The topological polar surface area (TPSA) is 30.5 Å². The van der Waals surface area contributed by atoms with Gasteiger partial charge in [-0.25, -0.2) is 0 Å². The van der Waals surface area contributed by atoms with Crippen LogP contribution in [0.15, 0.2) is 30.3 Å². The lowest BCUT2D eigenvalue weighted by Crippen LogP contribution is -2.53. The Kier molecular flexibility index (Phi) is 5.42. The number of hydrogen-bond donors (Lipinski definition) is 1. The minimum absolute atomic E-state index is 0.559. The maximum absolute atomic E-state index is 6.22. The van der Waals surface area contributed by atoms with Gasteiger partial charge in [0.1, 0.15) is 0 Å². The molecule has 2 rings (SSSR count). The van der Waals surface area contributed by atoms with Crippen LogP contribution in [0.4, 0.5) is 5.69 Å². The lowest BCUT2D eigenvalue weighted by Gasteiger charge is -2.34. The molecule has 0 amide bonds. The third-order valence-electron chi connectivity index (χ3n) is 3.81. The first-order valence-electron chi connectivity index (χ1n) is 7.33. The third-order valence-corrected chi connectivity index (χ3v) is 7.34. The number of rotatable bonds is 7. The van der Waals surface area contributed by atoms with Crippen molar-refractivity contribution in [2.75, 3.05) is 18.7 Å². The molecular formula is C15H25NO2Si. The molecule has 19 heavy (non-hydrogen) atoms. The standard InChI is InChI=1S/C15H25NO2Si/c1-3-13-18-19(17-2,15-11-7-8-12-15)16-14-9-5-4-6-10-14/h4-6,9-10,15-16H,3,7-8,11-13H2,1-2H3. The molecule has 4 heteroatoms. The van der Waals surface area contributed by atoms with Crippen LogP contribution >= 0.6 is 0 Å². The van der Waals surface area contributed by atoms with Crippen molar-refractivity contribution in [3.8, 4) is 0 Å². The van der Waals surface area contributed by atoms with Crippen LogP contribution in [0.3, 0.4) is 0 Å². The zero-order valence-corrected chi connectivity index (χ0v) is 13.0. The molecule has 1 aromatic rings. The van der Waals surface area contributed by atoms with E-state index in [1.54, 1.807) is 7.11 Å². The highest BCUT2D eigenvalue weighted by Crippen LogP contribution is 2.39. The second kappa shape index (κ2) is 7.08. The monoisotopic (exact) mass is 279 g/mol. The zero-order valence-electron chi connectivity index (χ0n) is 12.0. The minimum atomic E-state index is -2.35. The Morgan fingerprint density at radius 3 is 2.47 bits per heavy atom. The fourth-order valence-corrected chi connectivity index (χ4v) is 6.12. The van der Waals surface area contributed by atoms with E-state index in [4.69, 9.17) is 8.85 Å². The number of benzene rings is 1.